The molecule has 2 heterocycles. The van der Waals surface area contributed by atoms with Crippen molar-refractivity contribution in [3.05, 3.63) is 35.9 Å². The third kappa shape index (κ3) is 3.17. The Kier molecular flexibility index (Phi) is 4.62. The number of benzene rings is 1. The Bertz CT molecular complexity index is 411. The zero-order valence-corrected chi connectivity index (χ0v) is 11.7. The van der Waals surface area contributed by atoms with Gasteiger partial charge in [-0.1, -0.05) is 30.3 Å². The molecule has 20 heavy (non-hydrogen) atoms. The summed E-state index contributed by atoms with van der Waals surface area (Å²) in [6.07, 6.45) is -1.02. The molecule has 0 spiro atoms. The second-order valence-corrected chi connectivity index (χ2v) is 5.35. The van der Waals surface area contributed by atoms with Crippen LogP contribution < -0.4 is 5.32 Å². The van der Waals surface area contributed by atoms with Crippen LogP contribution in [0.2, 0.25) is 0 Å². The van der Waals surface area contributed by atoms with E-state index in [0.29, 0.717) is 13.2 Å². The van der Waals surface area contributed by atoms with Crippen molar-refractivity contribution in [2.45, 2.75) is 12.5 Å². The van der Waals surface area contributed by atoms with E-state index in [1.54, 1.807) is 0 Å². The van der Waals surface area contributed by atoms with E-state index in [0.717, 1.165) is 32.7 Å². The fraction of sp³-hybridized carbons (Fsp3) is 0.600. The van der Waals surface area contributed by atoms with E-state index in [-0.39, 0.29) is 6.17 Å². The highest BCUT2D eigenvalue weighted by Crippen LogP contribution is 2.27. The standard InChI is InChI=1S/C15H22FN3O/c16-14-12-19(10-11-20-14)15(13-4-2-1-3-5-13)18-8-6-17-7-9-18/h1-5,14-15,17H,6-12H2. The van der Waals surface area contributed by atoms with Crippen LogP contribution in [0.25, 0.3) is 0 Å². The van der Waals surface area contributed by atoms with Crippen LogP contribution in [0.15, 0.2) is 30.3 Å². The molecule has 1 N–H and O–H groups in total. The summed E-state index contributed by atoms with van der Waals surface area (Å²) in [5.41, 5.74) is 1.24. The summed E-state index contributed by atoms with van der Waals surface area (Å²) >= 11 is 0. The van der Waals surface area contributed by atoms with Crippen molar-refractivity contribution in [1.82, 2.24) is 15.1 Å². The monoisotopic (exact) mass is 279 g/mol. The lowest BCUT2D eigenvalue weighted by Gasteiger charge is -2.43. The lowest BCUT2D eigenvalue weighted by atomic mass is 10.1. The van der Waals surface area contributed by atoms with Crippen molar-refractivity contribution in [2.24, 2.45) is 0 Å². The summed E-state index contributed by atoms with van der Waals surface area (Å²) in [6.45, 7) is 5.57. The summed E-state index contributed by atoms with van der Waals surface area (Å²) in [7, 11) is 0. The van der Waals surface area contributed by atoms with Gasteiger partial charge in [0.15, 0.2) is 0 Å². The van der Waals surface area contributed by atoms with Crippen molar-refractivity contribution in [3.63, 3.8) is 0 Å². The molecule has 110 valence electrons. The number of alkyl halides is 1. The summed E-state index contributed by atoms with van der Waals surface area (Å²) < 4.78 is 18.6. The molecule has 0 amide bonds. The largest absolute Gasteiger partial charge is 0.346 e. The predicted molar refractivity (Wildman–Crippen MR) is 76.0 cm³/mol. The number of hydrogen-bond donors (Lipinski definition) is 1. The third-order valence-electron chi connectivity index (χ3n) is 4.00. The molecule has 0 saturated carbocycles. The fourth-order valence-electron chi connectivity index (χ4n) is 3.05. The quantitative estimate of drug-likeness (QED) is 0.900. The van der Waals surface area contributed by atoms with Crippen LogP contribution >= 0.6 is 0 Å². The summed E-state index contributed by atoms with van der Waals surface area (Å²) in [5, 5.41) is 3.37. The summed E-state index contributed by atoms with van der Waals surface area (Å²) in [6, 6.07) is 10.4. The first-order valence-corrected chi connectivity index (χ1v) is 7.34. The summed E-state index contributed by atoms with van der Waals surface area (Å²) in [5.74, 6) is 0. The van der Waals surface area contributed by atoms with Gasteiger partial charge < -0.3 is 10.1 Å². The summed E-state index contributed by atoms with van der Waals surface area (Å²) in [4.78, 5) is 4.64. The molecule has 0 aliphatic carbocycles. The molecule has 1 aromatic carbocycles. The maximum Gasteiger partial charge on any atom is 0.211 e. The van der Waals surface area contributed by atoms with Gasteiger partial charge >= 0.3 is 0 Å². The molecule has 0 bridgehead atoms. The molecule has 0 aromatic heterocycles. The molecule has 2 saturated heterocycles. The minimum Gasteiger partial charge on any atom is -0.346 e. The second kappa shape index (κ2) is 6.63. The molecular formula is C15H22FN3O. The van der Waals surface area contributed by atoms with E-state index < -0.39 is 6.36 Å². The van der Waals surface area contributed by atoms with E-state index in [1.807, 2.05) is 6.07 Å². The molecule has 5 heteroatoms. The Morgan fingerprint density at radius 3 is 2.55 bits per heavy atom. The van der Waals surface area contributed by atoms with Crippen molar-refractivity contribution in [3.8, 4) is 0 Å². The first kappa shape index (κ1) is 13.9. The van der Waals surface area contributed by atoms with Crippen LogP contribution in [0.4, 0.5) is 4.39 Å². The van der Waals surface area contributed by atoms with Gasteiger partial charge in [-0.25, -0.2) is 4.39 Å². The first-order valence-electron chi connectivity index (χ1n) is 7.34. The lowest BCUT2D eigenvalue weighted by molar-refractivity contribution is -0.128. The molecule has 2 aliphatic heterocycles. The Labute approximate surface area is 119 Å². The number of nitrogens with one attached hydrogen (secondary N) is 1. The van der Waals surface area contributed by atoms with E-state index >= 15 is 0 Å². The van der Waals surface area contributed by atoms with Crippen LogP contribution in [0.5, 0.6) is 0 Å². The van der Waals surface area contributed by atoms with Crippen LogP contribution in [-0.4, -0.2) is 62.0 Å². The maximum atomic E-state index is 13.6. The molecule has 1 aromatic rings. The van der Waals surface area contributed by atoms with Gasteiger partial charge in [0, 0.05) is 32.7 Å². The molecule has 3 rings (SSSR count). The van der Waals surface area contributed by atoms with E-state index in [2.05, 4.69) is 39.4 Å². The minimum atomic E-state index is -1.17. The van der Waals surface area contributed by atoms with Gasteiger partial charge in [0.05, 0.1) is 19.3 Å². The Balaban J connectivity index is 1.82. The number of nitrogens with zero attached hydrogens (tertiary/aromatic N) is 2. The highest BCUT2D eigenvalue weighted by atomic mass is 19.1. The van der Waals surface area contributed by atoms with E-state index in [1.165, 1.54) is 5.56 Å². The molecule has 2 aliphatic rings. The molecular weight excluding hydrogens is 257 g/mol. The molecule has 4 nitrogen and oxygen atoms in total. The fourth-order valence-corrected chi connectivity index (χ4v) is 3.05. The predicted octanol–water partition coefficient (Wildman–Crippen LogP) is 1.22. The van der Waals surface area contributed by atoms with Crippen molar-refractivity contribution < 1.29 is 9.13 Å². The lowest BCUT2D eigenvalue weighted by Crippen LogP contribution is -2.53. The van der Waals surface area contributed by atoms with Crippen molar-refractivity contribution in [1.29, 1.82) is 0 Å². The van der Waals surface area contributed by atoms with Crippen LogP contribution in [0.1, 0.15) is 11.7 Å². The third-order valence-corrected chi connectivity index (χ3v) is 4.00. The number of hydrogen-bond acceptors (Lipinski definition) is 4. The van der Waals surface area contributed by atoms with Crippen LogP contribution in [0, 0.1) is 0 Å². The Morgan fingerprint density at radius 1 is 1.10 bits per heavy atom. The van der Waals surface area contributed by atoms with Gasteiger partial charge in [-0.2, -0.15) is 0 Å². The maximum absolute atomic E-state index is 13.6. The average Bonchev–Trinajstić information content (AvgIpc) is 2.50. The van der Waals surface area contributed by atoms with Gasteiger partial charge in [-0.3, -0.25) is 9.80 Å². The van der Waals surface area contributed by atoms with Crippen LogP contribution in [-0.2, 0) is 4.74 Å². The van der Waals surface area contributed by atoms with E-state index in [9.17, 15) is 4.39 Å². The first-order chi connectivity index (χ1) is 9.84. The SMILES string of the molecule is FC1CN(C(c2ccccc2)N2CCNCC2)CCO1. The number of halogens is 1. The number of rotatable bonds is 3. The number of morpholine rings is 1. The van der Waals surface area contributed by atoms with Crippen LogP contribution in [0.3, 0.4) is 0 Å². The molecule has 0 radical (unpaired) electrons. The Hall–Kier alpha value is -1.01. The van der Waals surface area contributed by atoms with Crippen molar-refractivity contribution in [2.75, 3.05) is 45.9 Å². The zero-order chi connectivity index (χ0) is 13.8. The zero-order valence-electron chi connectivity index (χ0n) is 11.7. The van der Waals surface area contributed by atoms with Crippen molar-refractivity contribution >= 4 is 0 Å². The highest BCUT2D eigenvalue weighted by molar-refractivity contribution is 5.19. The normalized spacial score (nSPS) is 27.4. The molecule has 2 fully saturated rings. The van der Waals surface area contributed by atoms with Gasteiger partial charge in [0.1, 0.15) is 0 Å². The van der Waals surface area contributed by atoms with E-state index in [4.69, 9.17) is 4.74 Å². The average molecular weight is 279 g/mol. The van der Waals surface area contributed by atoms with Gasteiger partial charge in [-0.15, -0.1) is 0 Å². The highest BCUT2D eigenvalue weighted by Gasteiger charge is 2.31. The van der Waals surface area contributed by atoms with Gasteiger partial charge in [0.25, 0.3) is 0 Å². The van der Waals surface area contributed by atoms with Gasteiger partial charge in [-0.05, 0) is 5.56 Å². The minimum absolute atomic E-state index is 0.153. The molecule has 2 unspecified atom stereocenters. The Morgan fingerprint density at radius 2 is 1.85 bits per heavy atom. The number of piperazine rings is 1. The molecule has 2 atom stereocenters. The topological polar surface area (TPSA) is 27.7 Å². The second-order valence-electron chi connectivity index (χ2n) is 5.35. The number of ether oxygens (including phenoxy) is 1. The van der Waals surface area contributed by atoms with Gasteiger partial charge in [0.2, 0.25) is 6.36 Å². The smallest absolute Gasteiger partial charge is 0.211 e.